The van der Waals surface area contributed by atoms with Crippen LogP contribution in [0, 0.1) is 11.3 Å². The van der Waals surface area contributed by atoms with Crippen LogP contribution in [0.4, 0.5) is 18.9 Å². The fourth-order valence-electron chi connectivity index (χ4n) is 0.967. The van der Waals surface area contributed by atoms with Crippen molar-refractivity contribution in [2.24, 2.45) is 5.73 Å². The molecule has 1 aromatic rings. The Hall–Kier alpha value is -2.01. The maximum absolute atomic E-state index is 12.0. The van der Waals surface area contributed by atoms with Gasteiger partial charge in [0.05, 0.1) is 11.3 Å². The quantitative estimate of drug-likeness (QED) is 0.789. The lowest BCUT2D eigenvalue weighted by molar-refractivity contribution is -0.275. The molecule has 5 nitrogen and oxygen atoms in total. The number of nitrogen functional groups attached to an aromatic ring is 1. The van der Waals surface area contributed by atoms with Crippen molar-refractivity contribution < 1.29 is 17.9 Å². The number of hydrogen-bond acceptors (Lipinski definition) is 5. The fraction of sp³-hybridized carbons (Fsp3) is 0.250. The molecule has 0 radical (unpaired) electrons. The summed E-state index contributed by atoms with van der Waals surface area (Å²) in [5.74, 6) is -0.855. The van der Waals surface area contributed by atoms with Crippen LogP contribution in [0.5, 0.6) is 5.88 Å². The molecule has 0 aliphatic carbocycles. The van der Waals surface area contributed by atoms with Crippen molar-refractivity contribution in [3.05, 3.63) is 17.3 Å². The Balaban J connectivity index is 3.23. The van der Waals surface area contributed by atoms with Gasteiger partial charge >= 0.3 is 6.36 Å². The van der Waals surface area contributed by atoms with Gasteiger partial charge in [-0.2, -0.15) is 5.26 Å². The van der Waals surface area contributed by atoms with Gasteiger partial charge < -0.3 is 16.2 Å². The van der Waals surface area contributed by atoms with Gasteiger partial charge in [0.25, 0.3) is 0 Å². The zero-order chi connectivity index (χ0) is 12.3. The van der Waals surface area contributed by atoms with E-state index in [2.05, 4.69) is 9.72 Å². The van der Waals surface area contributed by atoms with Gasteiger partial charge in [-0.25, -0.2) is 4.98 Å². The molecule has 1 heterocycles. The zero-order valence-electron chi connectivity index (χ0n) is 7.88. The smallest absolute Gasteiger partial charge is 0.393 e. The number of ether oxygens (including phenoxy) is 1. The molecule has 0 saturated heterocycles. The Bertz CT molecular complexity index is 438. The number of nitrogens with zero attached hydrogens (tertiary/aromatic N) is 2. The van der Waals surface area contributed by atoms with Crippen molar-refractivity contribution in [2.45, 2.75) is 12.9 Å². The van der Waals surface area contributed by atoms with E-state index in [0.29, 0.717) is 0 Å². The van der Waals surface area contributed by atoms with Gasteiger partial charge in [-0.1, -0.05) is 0 Å². The van der Waals surface area contributed by atoms with Gasteiger partial charge in [0.2, 0.25) is 5.88 Å². The molecule has 0 aliphatic heterocycles. The normalized spacial score (nSPS) is 10.9. The Morgan fingerprint density at radius 2 is 2.12 bits per heavy atom. The second-order valence-electron chi connectivity index (χ2n) is 2.74. The lowest BCUT2D eigenvalue weighted by Gasteiger charge is -2.11. The minimum atomic E-state index is -4.92. The first-order valence-corrected chi connectivity index (χ1v) is 4.02. The topological polar surface area (TPSA) is 98.0 Å². The Labute approximate surface area is 88.4 Å². The number of nitrogens with two attached hydrogens (primary N) is 2. The van der Waals surface area contributed by atoms with E-state index in [1.54, 1.807) is 6.07 Å². The number of aromatic nitrogens is 1. The molecule has 8 heteroatoms. The highest BCUT2D eigenvalue weighted by molar-refractivity contribution is 5.61. The number of alkyl halides is 3. The van der Waals surface area contributed by atoms with E-state index in [4.69, 9.17) is 16.7 Å². The monoisotopic (exact) mass is 232 g/mol. The van der Waals surface area contributed by atoms with Gasteiger partial charge in [0, 0.05) is 6.54 Å². The van der Waals surface area contributed by atoms with Crippen LogP contribution in [-0.2, 0) is 6.54 Å². The Morgan fingerprint density at radius 3 is 2.56 bits per heavy atom. The standard InChI is InChI=1S/C8H7F3N4O/c9-8(10,11)16-7-6(14)4(2-12)1-5(3-13)15-7/h1H,3,13-14H2. The van der Waals surface area contributed by atoms with Crippen molar-refractivity contribution >= 4 is 5.69 Å². The summed E-state index contributed by atoms with van der Waals surface area (Å²) in [7, 11) is 0. The SMILES string of the molecule is N#Cc1cc(CN)nc(OC(F)(F)F)c1N. The zero-order valence-corrected chi connectivity index (χ0v) is 7.88. The van der Waals surface area contributed by atoms with E-state index < -0.39 is 17.9 Å². The van der Waals surface area contributed by atoms with Gasteiger partial charge in [-0.05, 0) is 6.07 Å². The van der Waals surface area contributed by atoms with Crippen molar-refractivity contribution in [1.29, 1.82) is 5.26 Å². The first-order chi connectivity index (χ1) is 7.37. The van der Waals surface area contributed by atoms with Gasteiger partial charge in [0.1, 0.15) is 11.8 Å². The lowest BCUT2D eigenvalue weighted by Crippen LogP contribution is -2.20. The van der Waals surface area contributed by atoms with Crippen LogP contribution in [0.2, 0.25) is 0 Å². The molecule has 0 bridgehead atoms. The van der Waals surface area contributed by atoms with Gasteiger partial charge in [-0.15, -0.1) is 13.2 Å². The third-order valence-electron chi connectivity index (χ3n) is 1.62. The van der Waals surface area contributed by atoms with E-state index in [1.165, 1.54) is 6.07 Å². The van der Waals surface area contributed by atoms with E-state index in [-0.39, 0.29) is 17.8 Å². The predicted octanol–water partition coefficient (Wildman–Crippen LogP) is 0.893. The second kappa shape index (κ2) is 4.24. The number of pyridine rings is 1. The summed E-state index contributed by atoms with van der Waals surface area (Å²) < 4.78 is 39.5. The van der Waals surface area contributed by atoms with Crippen molar-refractivity contribution in [1.82, 2.24) is 4.98 Å². The molecule has 0 unspecified atom stereocenters. The largest absolute Gasteiger partial charge is 0.574 e. The van der Waals surface area contributed by atoms with Crippen LogP contribution in [0.25, 0.3) is 0 Å². The lowest BCUT2D eigenvalue weighted by atomic mass is 10.2. The second-order valence-corrected chi connectivity index (χ2v) is 2.74. The van der Waals surface area contributed by atoms with Crippen LogP contribution in [0.1, 0.15) is 11.3 Å². The summed E-state index contributed by atoms with van der Waals surface area (Å²) >= 11 is 0. The number of hydrogen-bond donors (Lipinski definition) is 2. The molecular weight excluding hydrogens is 225 g/mol. The molecule has 0 saturated carbocycles. The molecule has 0 aliphatic rings. The van der Waals surface area contributed by atoms with Crippen LogP contribution >= 0.6 is 0 Å². The minimum absolute atomic E-state index is 0.0880. The predicted molar refractivity (Wildman–Crippen MR) is 47.9 cm³/mol. The third-order valence-corrected chi connectivity index (χ3v) is 1.62. The summed E-state index contributed by atoms with van der Waals surface area (Å²) in [6.45, 7) is -0.122. The van der Waals surface area contributed by atoms with Gasteiger partial charge in [0.15, 0.2) is 0 Å². The average Bonchev–Trinajstić information content (AvgIpc) is 2.19. The van der Waals surface area contributed by atoms with E-state index in [1.807, 2.05) is 0 Å². The van der Waals surface area contributed by atoms with E-state index >= 15 is 0 Å². The summed E-state index contributed by atoms with van der Waals surface area (Å²) in [4.78, 5) is 3.44. The molecular formula is C8H7F3N4O. The first kappa shape index (κ1) is 12.1. The Kier molecular flexibility index (Phi) is 3.20. The van der Waals surface area contributed by atoms with E-state index in [0.717, 1.165) is 0 Å². The Morgan fingerprint density at radius 1 is 1.50 bits per heavy atom. The molecule has 1 aromatic heterocycles. The minimum Gasteiger partial charge on any atom is -0.393 e. The van der Waals surface area contributed by atoms with Crippen LogP contribution < -0.4 is 16.2 Å². The summed E-state index contributed by atoms with van der Waals surface area (Å²) in [5, 5.41) is 8.63. The fourth-order valence-corrected chi connectivity index (χ4v) is 0.967. The maximum atomic E-state index is 12.0. The third kappa shape index (κ3) is 2.74. The highest BCUT2D eigenvalue weighted by atomic mass is 19.4. The maximum Gasteiger partial charge on any atom is 0.574 e. The number of nitriles is 1. The van der Waals surface area contributed by atoms with E-state index in [9.17, 15) is 13.2 Å². The molecule has 0 atom stereocenters. The average molecular weight is 232 g/mol. The summed E-state index contributed by atoms with van der Waals surface area (Å²) in [5.41, 5.74) is 9.95. The number of anilines is 1. The molecule has 16 heavy (non-hydrogen) atoms. The number of halogens is 3. The highest BCUT2D eigenvalue weighted by Crippen LogP contribution is 2.28. The van der Waals surface area contributed by atoms with Crippen molar-refractivity contribution in [3.63, 3.8) is 0 Å². The molecule has 0 amide bonds. The van der Waals surface area contributed by atoms with Crippen LogP contribution in [-0.4, -0.2) is 11.3 Å². The van der Waals surface area contributed by atoms with Crippen LogP contribution in [0.15, 0.2) is 6.07 Å². The number of rotatable bonds is 2. The molecule has 0 fully saturated rings. The van der Waals surface area contributed by atoms with Gasteiger partial charge in [-0.3, -0.25) is 0 Å². The summed E-state index contributed by atoms with van der Waals surface area (Å²) in [6.07, 6.45) is -4.92. The summed E-state index contributed by atoms with van der Waals surface area (Å²) in [6, 6.07) is 2.84. The first-order valence-electron chi connectivity index (χ1n) is 4.02. The van der Waals surface area contributed by atoms with Crippen LogP contribution in [0.3, 0.4) is 0 Å². The molecule has 0 aromatic carbocycles. The highest BCUT2D eigenvalue weighted by Gasteiger charge is 2.33. The van der Waals surface area contributed by atoms with Crippen molar-refractivity contribution in [2.75, 3.05) is 5.73 Å². The van der Waals surface area contributed by atoms with Crippen molar-refractivity contribution in [3.8, 4) is 11.9 Å². The molecule has 0 spiro atoms. The molecule has 4 N–H and O–H groups in total. The molecule has 1 rings (SSSR count). The molecule has 86 valence electrons.